The summed E-state index contributed by atoms with van der Waals surface area (Å²) in [5, 5.41) is 0. The zero-order chi connectivity index (χ0) is 10.7. The summed E-state index contributed by atoms with van der Waals surface area (Å²) in [4.78, 5) is 11.4. The first kappa shape index (κ1) is 9.97. The fourth-order valence-electron chi connectivity index (χ4n) is 1.62. The number of cyclic esters (lactones) is 1. The van der Waals surface area contributed by atoms with E-state index in [4.69, 9.17) is 4.74 Å². The van der Waals surface area contributed by atoms with Gasteiger partial charge in [0.15, 0.2) is 0 Å². The number of esters is 1. The molecule has 0 saturated carbocycles. The topological polar surface area (TPSA) is 26.3 Å². The van der Waals surface area contributed by atoms with Crippen molar-refractivity contribution in [2.24, 2.45) is 5.41 Å². The molecule has 0 aromatic heterocycles. The molecule has 2 nitrogen and oxygen atoms in total. The average Bonchev–Trinajstić information content (AvgIpc) is 2.59. The molecule has 0 amide bonds. The summed E-state index contributed by atoms with van der Waals surface area (Å²) in [7, 11) is 0. The van der Waals surface area contributed by atoms with Gasteiger partial charge in [0.2, 0.25) is 0 Å². The number of ether oxygens (including phenoxy) is 1. The first-order chi connectivity index (χ1) is 7.21. The van der Waals surface area contributed by atoms with E-state index >= 15 is 0 Å². The number of carbonyl (C=O) groups is 1. The van der Waals surface area contributed by atoms with Gasteiger partial charge < -0.3 is 4.74 Å². The van der Waals surface area contributed by atoms with Crippen LogP contribution in [0.4, 0.5) is 0 Å². The highest BCUT2D eigenvalue weighted by atomic mass is 16.5. The number of hydrogen-bond acceptors (Lipinski definition) is 2. The van der Waals surface area contributed by atoms with Gasteiger partial charge >= 0.3 is 5.97 Å². The molecular formula is C13H14O2. The second kappa shape index (κ2) is 3.89. The van der Waals surface area contributed by atoms with E-state index in [0.29, 0.717) is 6.61 Å². The number of carbonyl (C=O) groups excluding carboxylic acids is 1. The Morgan fingerprint density at radius 1 is 1.33 bits per heavy atom. The van der Waals surface area contributed by atoms with Crippen LogP contribution in [0.5, 0.6) is 0 Å². The van der Waals surface area contributed by atoms with Gasteiger partial charge in [0.25, 0.3) is 0 Å². The smallest absolute Gasteiger partial charge is 0.315 e. The fraction of sp³-hybridized carbons (Fsp3) is 0.308. The molecule has 0 bridgehead atoms. The van der Waals surface area contributed by atoms with Gasteiger partial charge in [-0.1, -0.05) is 42.5 Å². The van der Waals surface area contributed by atoms with E-state index in [1.807, 2.05) is 49.4 Å². The molecule has 1 aromatic rings. The lowest BCUT2D eigenvalue weighted by atomic mass is 9.88. The molecule has 1 atom stereocenters. The molecule has 0 spiro atoms. The largest absolute Gasteiger partial charge is 0.465 e. The van der Waals surface area contributed by atoms with Crippen molar-refractivity contribution in [2.75, 3.05) is 6.61 Å². The Balaban J connectivity index is 2.15. The molecular weight excluding hydrogens is 188 g/mol. The van der Waals surface area contributed by atoms with Crippen LogP contribution in [0.25, 0.3) is 6.08 Å². The molecule has 1 saturated heterocycles. The highest BCUT2D eigenvalue weighted by Gasteiger charge is 2.37. The summed E-state index contributed by atoms with van der Waals surface area (Å²) in [6.45, 7) is 2.45. The van der Waals surface area contributed by atoms with E-state index in [1.54, 1.807) is 0 Å². The van der Waals surface area contributed by atoms with E-state index in [9.17, 15) is 4.79 Å². The first-order valence-electron chi connectivity index (χ1n) is 5.12. The van der Waals surface area contributed by atoms with Gasteiger partial charge in [-0.2, -0.15) is 0 Å². The van der Waals surface area contributed by atoms with Crippen molar-refractivity contribution in [3.05, 3.63) is 42.0 Å². The zero-order valence-corrected chi connectivity index (χ0v) is 8.77. The Morgan fingerprint density at radius 3 is 2.67 bits per heavy atom. The van der Waals surface area contributed by atoms with Crippen LogP contribution >= 0.6 is 0 Å². The van der Waals surface area contributed by atoms with Crippen LogP contribution in [-0.2, 0) is 9.53 Å². The molecule has 1 aliphatic rings. The highest BCUT2D eigenvalue weighted by molar-refractivity contribution is 5.81. The van der Waals surface area contributed by atoms with Gasteiger partial charge in [-0.05, 0) is 12.5 Å². The minimum absolute atomic E-state index is 0.116. The summed E-state index contributed by atoms with van der Waals surface area (Å²) in [5.41, 5.74) is 0.675. The Morgan fingerprint density at radius 2 is 2.07 bits per heavy atom. The third kappa shape index (κ3) is 2.09. The maximum absolute atomic E-state index is 11.4. The van der Waals surface area contributed by atoms with Crippen LogP contribution in [0.2, 0.25) is 0 Å². The van der Waals surface area contributed by atoms with Crippen LogP contribution in [0, 0.1) is 5.41 Å². The monoisotopic (exact) mass is 202 g/mol. The van der Waals surface area contributed by atoms with Crippen molar-refractivity contribution in [2.45, 2.75) is 13.3 Å². The summed E-state index contributed by atoms with van der Waals surface area (Å²) in [5.74, 6) is -0.116. The van der Waals surface area contributed by atoms with Crippen molar-refractivity contribution >= 4 is 12.0 Å². The van der Waals surface area contributed by atoms with E-state index in [1.165, 1.54) is 0 Å². The normalized spacial score (nSPS) is 25.8. The SMILES string of the molecule is C[C@@]1(/C=C/c2ccccc2)CCOC1=O. The van der Waals surface area contributed by atoms with Crippen molar-refractivity contribution in [1.29, 1.82) is 0 Å². The predicted octanol–water partition coefficient (Wildman–Crippen LogP) is 2.65. The summed E-state index contributed by atoms with van der Waals surface area (Å²) >= 11 is 0. The Labute approximate surface area is 89.6 Å². The third-order valence-corrected chi connectivity index (χ3v) is 2.76. The van der Waals surface area contributed by atoms with E-state index in [0.717, 1.165) is 12.0 Å². The molecule has 78 valence electrons. The van der Waals surface area contributed by atoms with Crippen molar-refractivity contribution in [3.8, 4) is 0 Å². The van der Waals surface area contributed by atoms with E-state index in [2.05, 4.69) is 0 Å². The number of hydrogen-bond donors (Lipinski definition) is 0. The zero-order valence-electron chi connectivity index (χ0n) is 8.77. The molecule has 1 fully saturated rings. The van der Waals surface area contributed by atoms with E-state index in [-0.39, 0.29) is 5.97 Å². The second-order valence-corrected chi connectivity index (χ2v) is 4.05. The third-order valence-electron chi connectivity index (χ3n) is 2.76. The molecule has 0 radical (unpaired) electrons. The average molecular weight is 202 g/mol. The molecule has 0 unspecified atom stereocenters. The van der Waals surface area contributed by atoms with Crippen LogP contribution in [0.15, 0.2) is 36.4 Å². The quantitative estimate of drug-likeness (QED) is 0.689. The Hall–Kier alpha value is -1.57. The van der Waals surface area contributed by atoms with Gasteiger partial charge in [0.05, 0.1) is 12.0 Å². The first-order valence-corrected chi connectivity index (χ1v) is 5.12. The minimum Gasteiger partial charge on any atom is -0.465 e. The minimum atomic E-state index is -0.435. The Kier molecular flexibility index (Phi) is 2.58. The van der Waals surface area contributed by atoms with Crippen LogP contribution in [-0.4, -0.2) is 12.6 Å². The molecule has 1 aromatic carbocycles. The summed E-state index contributed by atoms with van der Waals surface area (Å²) in [6.07, 6.45) is 4.69. The molecule has 0 N–H and O–H groups in total. The van der Waals surface area contributed by atoms with E-state index < -0.39 is 5.41 Å². The lowest BCUT2D eigenvalue weighted by Gasteiger charge is -2.12. The van der Waals surface area contributed by atoms with Crippen LogP contribution in [0.1, 0.15) is 18.9 Å². The van der Waals surface area contributed by atoms with Crippen LogP contribution in [0.3, 0.4) is 0 Å². The van der Waals surface area contributed by atoms with Gasteiger partial charge in [-0.15, -0.1) is 0 Å². The molecule has 2 rings (SSSR count). The maximum atomic E-state index is 11.4. The standard InChI is InChI=1S/C13H14O2/c1-13(9-10-15-12(13)14)8-7-11-5-3-2-4-6-11/h2-8H,9-10H2,1H3/b8-7+/t13-/m1/s1. The van der Waals surface area contributed by atoms with Gasteiger partial charge in [0, 0.05) is 6.42 Å². The summed E-state index contributed by atoms with van der Waals surface area (Å²) in [6, 6.07) is 9.97. The molecule has 15 heavy (non-hydrogen) atoms. The summed E-state index contributed by atoms with van der Waals surface area (Å²) < 4.78 is 4.97. The number of rotatable bonds is 2. The van der Waals surface area contributed by atoms with Gasteiger partial charge in [-0.25, -0.2) is 0 Å². The second-order valence-electron chi connectivity index (χ2n) is 4.05. The lowest BCUT2D eigenvalue weighted by Crippen LogP contribution is -2.18. The number of benzene rings is 1. The maximum Gasteiger partial charge on any atom is 0.315 e. The Bertz CT molecular complexity index is 381. The van der Waals surface area contributed by atoms with Gasteiger partial charge in [0.1, 0.15) is 0 Å². The highest BCUT2D eigenvalue weighted by Crippen LogP contribution is 2.31. The van der Waals surface area contributed by atoms with Crippen molar-refractivity contribution in [1.82, 2.24) is 0 Å². The fourth-order valence-corrected chi connectivity index (χ4v) is 1.62. The molecule has 1 aliphatic heterocycles. The molecule has 0 aliphatic carbocycles. The van der Waals surface area contributed by atoms with Crippen molar-refractivity contribution in [3.63, 3.8) is 0 Å². The van der Waals surface area contributed by atoms with Gasteiger partial charge in [-0.3, -0.25) is 4.79 Å². The molecule has 1 heterocycles. The lowest BCUT2D eigenvalue weighted by molar-refractivity contribution is -0.143. The van der Waals surface area contributed by atoms with Crippen molar-refractivity contribution < 1.29 is 9.53 Å². The van der Waals surface area contributed by atoms with Crippen LogP contribution < -0.4 is 0 Å². The molecule has 2 heteroatoms. The predicted molar refractivity (Wildman–Crippen MR) is 59.2 cm³/mol.